The third kappa shape index (κ3) is 2.68. The summed E-state index contributed by atoms with van der Waals surface area (Å²) in [6, 6.07) is 13.6. The second-order valence-electron chi connectivity index (χ2n) is 3.24. The van der Waals surface area contributed by atoms with Crippen molar-refractivity contribution in [1.82, 2.24) is 0 Å². The summed E-state index contributed by atoms with van der Waals surface area (Å²) < 4.78 is 0.778. The zero-order valence-corrected chi connectivity index (χ0v) is 8.21. The van der Waals surface area contributed by atoms with E-state index in [1.807, 2.05) is 42.5 Å². The molecule has 0 N–H and O–H groups in total. The van der Waals surface area contributed by atoms with Gasteiger partial charge in [-0.15, -0.1) is 0 Å². The molecule has 0 atom stereocenters. The van der Waals surface area contributed by atoms with Crippen LogP contribution in [0.4, 0.5) is 0 Å². The number of nitrogens with zero attached hydrogens (tertiary/aromatic N) is 1. The zero-order chi connectivity index (χ0) is 10.5. The summed E-state index contributed by atoms with van der Waals surface area (Å²) >= 11 is 0. The van der Waals surface area contributed by atoms with E-state index in [0.717, 1.165) is 15.9 Å². The molecule has 1 heterocycles. The maximum absolute atomic E-state index is 10.8. The topological polar surface area (TPSA) is 26.9 Å². The van der Waals surface area contributed by atoms with Crippen LogP contribution in [0.25, 0.3) is 12.2 Å². The Labute approximate surface area is 88.7 Å². The molecule has 1 aromatic carbocycles. The molecule has 0 unspecified atom stereocenters. The molecule has 0 amide bonds. The monoisotopic (exact) mass is 197 g/mol. The van der Waals surface area contributed by atoms with Gasteiger partial charge in [0.05, 0.1) is 0 Å². The van der Waals surface area contributed by atoms with Gasteiger partial charge in [-0.3, -0.25) is 0 Å². The second kappa shape index (κ2) is 4.42. The molecule has 15 heavy (non-hydrogen) atoms. The Morgan fingerprint density at radius 1 is 0.800 bits per heavy atom. The zero-order valence-electron chi connectivity index (χ0n) is 8.21. The lowest BCUT2D eigenvalue weighted by Crippen LogP contribution is -2.23. The number of pyridine rings is 1. The summed E-state index contributed by atoms with van der Waals surface area (Å²) in [7, 11) is 0. The van der Waals surface area contributed by atoms with Gasteiger partial charge in [-0.2, -0.15) is 4.73 Å². The van der Waals surface area contributed by atoms with Crippen LogP contribution in [0.5, 0.6) is 0 Å². The van der Waals surface area contributed by atoms with Crippen molar-refractivity contribution in [2.75, 3.05) is 0 Å². The molecule has 0 bridgehead atoms. The summed E-state index contributed by atoms with van der Waals surface area (Å²) in [6.07, 6.45) is 6.98. The maximum atomic E-state index is 10.8. The highest BCUT2D eigenvalue weighted by molar-refractivity contribution is 5.68. The molecule has 2 rings (SSSR count). The molecule has 2 aromatic rings. The highest BCUT2D eigenvalue weighted by Gasteiger charge is 1.89. The molecule has 0 aliphatic rings. The first kappa shape index (κ1) is 9.46. The van der Waals surface area contributed by atoms with Crippen LogP contribution in [-0.2, 0) is 0 Å². The minimum absolute atomic E-state index is 0.778. The first-order valence-corrected chi connectivity index (χ1v) is 4.76. The Balaban J connectivity index is 2.15. The van der Waals surface area contributed by atoms with E-state index in [4.69, 9.17) is 0 Å². The van der Waals surface area contributed by atoms with E-state index in [9.17, 15) is 5.21 Å². The van der Waals surface area contributed by atoms with E-state index < -0.39 is 0 Å². The number of hydrogen-bond donors (Lipinski definition) is 0. The molecule has 0 aliphatic carbocycles. The molecule has 0 aliphatic heterocycles. The number of rotatable bonds is 2. The van der Waals surface area contributed by atoms with Crippen LogP contribution >= 0.6 is 0 Å². The van der Waals surface area contributed by atoms with Crippen molar-refractivity contribution in [2.45, 2.75) is 0 Å². The van der Waals surface area contributed by atoms with Gasteiger partial charge in [-0.05, 0) is 11.1 Å². The van der Waals surface area contributed by atoms with Gasteiger partial charge in [-0.25, -0.2) is 0 Å². The lowest BCUT2D eigenvalue weighted by molar-refractivity contribution is -0.605. The Hall–Kier alpha value is -2.09. The highest BCUT2D eigenvalue weighted by Crippen LogP contribution is 2.05. The van der Waals surface area contributed by atoms with Gasteiger partial charge in [0.15, 0.2) is 12.4 Å². The first-order valence-electron chi connectivity index (χ1n) is 4.76. The second-order valence-corrected chi connectivity index (χ2v) is 3.24. The van der Waals surface area contributed by atoms with Crippen LogP contribution in [0.2, 0.25) is 0 Å². The van der Waals surface area contributed by atoms with E-state index in [1.54, 1.807) is 12.1 Å². The molecular formula is C13H11NO. The summed E-state index contributed by atoms with van der Waals surface area (Å²) in [4.78, 5) is 0. The summed E-state index contributed by atoms with van der Waals surface area (Å²) in [5, 5.41) is 10.8. The molecule has 0 saturated heterocycles. The fourth-order valence-corrected chi connectivity index (χ4v) is 1.29. The lowest BCUT2D eigenvalue weighted by atomic mass is 10.2. The number of benzene rings is 1. The molecule has 74 valence electrons. The van der Waals surface area contributed by atoms with Gasteiger partial charge in [0, 0.05) is 12.1 Å². The first-order chi connectivity index (χ1) is 7.34. The number of hydrogen-bond acceptors (Lipinski definition) is 1. The molecule has 0 saturated carbocycles. The molecule has 2 nitrogen and oxygen atoms in total. The van der Waals surface area contributed by atoms with E-state index in [2.05, 4.69) is 0 Å². The summed E-state index contributed by atoms with van der Waals surface area (Å²) in [6.45, 7) is 0. The van der Waals surface area contributed by atoms with Crippen LogP contribution in [0.15, 0.2) is 54.9 Å². The van der Waals surface area contributed by atoms with Gasteiger partial charge < -0.3 is 5.21 Å². The van der Waals surface area contributed by atoms with Crippen molar-refractivity contribution in [3.63, 3.8) is 0 Å². The Kier molecular flexibility index (Phi) is 2.79. The lowest BCUT2D eigenvalue weighted by Gasteiger charge is -1.95. The smallest absolute Gasteiger partial charge is 0.180 e. The summed E-state index contributed by atoms with van der Waals surface area (Å²) in [5.41, 5.74) is 2.17. The standard InChI is InChI=1S/C13H11NO/c15-14-10-8-13(9-11-14)7-6-12-4-2-1-3-5-12/h1-11H. The normalized spacial score (nSPS) is 10.7. The Morgan fingerprint density at radius 2 is 1.33 bits per heavy atom. The minimum atomic E-state index is 0.778. The fourth-order valence-electron chi connectivity index (χ4n) is 1.29. The molecule has 1 aromatic heterocycles. The van der Waals surface area contributed by atoms with Gasteiger partial charge in [0.25, 0.3) is 0 Å². The SMILES string of the molecule is [O-][n+]1ccc(C=Cc2ccccc2)cc1. The molecule has 2 heteroatoms. The molecule has 0 radical (unpaired) electrons. The largest absolute Gasteiger partial charge is 0.619 e. The fraction of sp³-hybridized carbons (Fsp3) is 0. The van der Waals surface area contributed by atoms with Gasteiger partial charge in [0.2, 0.25) is 0 Å². The van der Waals surface area contributed by atoms with E-state index in [0.29, 0.717) is 0 Å². The predicted molar refractivity (Wildman–Crippen MR) is 60.8 cm³/mol. The third-order valence-corrected chi connectivity index (χ3v) is 2.10. The van der Waals surface area contributed by atoms with Crippen LogP contribution in [-0.4, -0.2) is 0 Å². The van der Waals surface area contributed by atoms with Crippen molar-refractivity contribution >= 4 is 12.2 Å². The van der Waals surface area contributed by atoms with Gasteiger partial charge in [0.1, 0.15) is 0 Å². The van der Waals surface area contributed by atoms with Gasteiger partial charge >= 0.3 is 0 Å². The predicted octanol–water partition coefficient (Wildman–Crippen LogP) is 2.49. The molecule has 0 fully saturated rings. The minimum Gasteiger partial charge on any atom is -0.619 e. The highest BCUT2D eigenvalue weighted by atomic mass is 16.5. The van der Waals surface area contributed by atoms with Crippen molar-refractivity contribution in [3.05, 3.63) is 71.2 Å². The van der Waals surface area contributed by atoms with E-state index in [1.165, 1.54) is 12.4 Å². The van der Waals surface area contributed by atoms with Gasteiger partial charge in [-0.1, -0.05) is 42.5 Å². The van der Waals surface area contributed by atoms with Crippen LogP contribution < -0.4 is 4.73 Å². The number of aromatic nitrogens is 1. The molecule has 0 spiro atoms. The third-order valence-electron chi connectivity index (χ3n) is 2.10. The quantitative estimate of drug-likeness (QED) is 0.536. The average molecular weight is 197 g/mol. The Morgan fingerprint density at radius 3 is 1.93 bits per heavy atom. The molecular weight excluding hydrogens is 186 g/mol. The van der Waals surface area contributed by atoms with E-state index in [-0.39, 0.29) is 0 Å². The van der Waals surface area contributed by atoms with Crippen molar-refractivity contribution in [1.29, 1.82) is 0 Å². The summed E-state index contributed by atoms with van der Waals surface area (Å²) in [5.74, 6) is 0. The Bertz CT molecular complexity index is 446. The van der Waals surface area contributed by atoms with Crippen molar-refractivity contribution < 1.29 is 4.73 Å². The van der Waals surface area contributed by atoms with Crippen LogP contribution in [0, 0.1) is 5.21 Å². The maximum Gasteiger partial charge on any atom is 0.180 e. The van der Waals surface area contributed by atoms with Crippen LogP contribution in [0.3, 0.4) is 0 Å². The van der Waals surface area contributed by atoms with Crippen molar-refractivity contribution in [3.8, 4) is 0 Å². The van der Waals surface area contributed by atoms with E-state index >= 15 is 0 Å². The van der Waals surface area contributed by atoms with Crippen LogP contribution in [0.1, 0.15) is 11.1 Å². The average Bonchev–Trinajstić information content (AvgIpc) is 2.30. The van der Waals surface area contributed by atoms with Crippen molar-refractivity contribution in [2.24, 2.45) is 0 Å².